The summed E-state index contributed by atoms with van der Waals surface area (Å²) >= 11 is 0. The Morgan fingerprint density at radius 1 is 0.447 bits per heavy atom. The van der Waals surface area contributed by atoms with Crippen molar-refractivity contribution in [2.75, 3.05) is 0 Å². The zero-order chi connectivity index (χ0) is 31.1. The van der Waals surface area contributed by atoms with E-state index >= 15 is 0 Å². The number of rotatable bonds is 3. The van der Waals surface area contributed by atoms with Crippen LogP contribution in [0.1, 0.15) is 5.56 Å². The van der Waals surface area contributed by atoms with Gasteiger partial charge in [0.2, 0.25) is 0 Å². The highest BCUT2D eigenvalue weighted by molar-refractivity contribution is 6.17. The zero-order valence-corrected chi connectivity index (χ0v) is 25.2. The molecule has 4 heteroatoms. The molecule has 0 amide bonds. The molecule has 47 heavy (non-hydrogen) atoms. The Bertz CT molecular complexity index is 2880. The summed E-state index contributed by atoms with van der Waals surface area (Å²) in [7, 11) is 0. The van der Waals surface area contributed by atoms with Gasteiger partial charge < -0.3 is 13.6 Å². The van der Waals surface area contributed by atoms with Crippen LogP contribution in [0, 0.1) is 11.3 Å². The van der Waals surface area contributed by atoms with Gasteiger partial charge in [-0.25, -0.2) is 0 Å². The number of benzene rings is 7. The van der Waals surface area contributed by atoms with Gasteiger partial charge in [0.05, 0.1) is 33.3 Å². The lowest BCUT2D eigenvalue weighted by Gasteiger charge is -2.17. The number of nitriles is 1. The van der Waals surface area contributed by atoms with Gasteiger partial charge in [0.15, 0.2) is 0 Å². The first-order chi connectivity index (χ1) is 23.3. The van der Waals surface area contributed by atoms with Crippen molar-refractivity contribution >= 4 is 65.6 Å². The molecule has 0 saturated carbocycles. The van der Waals surface area contributed by atoms with Crippen LogP contribution in [0.2, 0.25) is 0 Å². The third-order valence-corrected chi connectivity index (χ3v) is 9.55. The molecule has 0 spiro atoms. The van der Waals surface area contributed by atoms with E-state index in [4.69, 9.17) is 4.42 Å². The Labute approximate surface area is 269 Å². The van der Waals surface area contributed by atoms with Crippen LogP contribution < -0.4 is 0 Å². The van der Waals surface area contributed by atoms with Crippen molar-refractivity contribution in [1.29, 1.82) is 5.26 Å². The van der Waals surface area contributed by atoms with Crippen molar-refractivity contribution in [3.8, 4) is 28.6 Å². The van der Waals surface area contributed by atoms with Crippen molar-refractivity contribution in [3.05, 3.63) is 157 Å². The van der Waals surface area contributed by atoms with Crippen molar-refractivity contribution in [3.63, 3.8) is 0 Å². The molecule has 0 saturated heterocycles. The molecule has 0 aliphatic carbocycles. The molecule has 7 aromatic carbocycles. The molecule has 0 fully saturated rings. The lowest BCUT2D eigenvalue weighted by molar-refractivity contribution is 0.669. The third kappa shape index (κ3) is 3.63. The van der Waals surface area contributed by atoms with Gasteiger partial charge in [-0.05, 0) is 60.2 Å². The lowest BCUT2D eigenvalue weighted by atomic mass is 9.99. The molecule has 218 valence electrons. The average molecular weight is 600 g/mol. The van der Waals surface area contributed by atoms with Crippen molar-refractivity contribution in [1.82, 2.24) is 9.13 Å². The van der Waals surface area contributed by atoms with Crippen molar-refractivity contribution < 1.29 is 4.42 Å². The summed E-state index contributed by atoms with van der Waals surface area (Å²) in [5.74, 6) is 0. The Balaban J connectivity index is 1.28. The van der Waals surface area contributed by atoms with Crippen LogP contribution in [-0.4, -0.2) is 9.13 Å². The first-order valence-corrected chi connectivity index (χ1v) is 15.8. The van der Waals surface area contributed by atoms with E-state index in [2.05, 4.69) is 137 Å². The maximum Gasteiger partial charge on any atom is 0.136 e. The van der Waals surface area contributed by atoms with Gasteiger partial charge in [-0.3, -0.25) is 0 Å². The number of aromatic nitrogens is 2. The fourth-order valence-electron chi connectivity index (χ4n) is 7.55. The summed E-state index contributed by atoms with van der Waals surface area (Å²) in [6, 6.07) is 55.3. The van der Waals surface area contributed by atoms with Crippen LogP contribution in [-0.2, 0) is 0 Å². The maximum atomic E-state index is 10.6. The van der Waals surface area contributed by atoms with Gasteiger partial charge in [0, 0.05) is 43.6 Å². The summed E-state index contributed by atoms with van der Waals surface area (Å²) < 4.78 is 10.9. The minimum Gasteiger partial charge on any atom is -0.456 e. The third-order valence-electron chi connectivity index (χ3n) is 9.55. The van der Waals surface area contributed by atoms with Crippen LogP contribution in [0.25, 0.3) is 88.1 Å². The van der Waals surface area contributed by atoms with E-state index in [1.54, 1.807) is 0 Å². The molecule has 0 aliphatic rings. The van der Waals surface area contributed by atoms with E-state index in [-0.39, 0.29) is 0 Å². The van der Waals surface area contributed by atoms with Gasteiger partial charge in [-0.15, -0.1) is 0 Å². The topological polar surface area (TPSA) is 46.8 Å². The molecule has 10 aromatic rings. The Morgan fingerprint density at radius 2 is 1.06 bits per heavy atom. The van der Waals surface area contributed by atoms with Crippen molar-refractivity contribution in [2.45, 2.75) is 0 Å². The molecule has 3 aromatic heterocycles. The van der Waals surface area contributed by atoms with Crippen LogP contribution in [0.5, 0.6) is 0 Å². The second-order valence-corrected chi connectivity index (χ2v) is 12.0. The van der Waals surface area contributed by atoms with Gasteiger partial charge >= 0.3 is 0 Å². The molecule has 0 aliphatic heterocycles. The molecule has 0 unspecified atom stereocenters. The van der Waals surface area contributed by atoms with Crippen LogP contribution in [0.3, 0.4) is 0 Å². The normalized spacial score (nSPS) is 11.8. The fourth-order valence-corrected chi connectivity index (χ4v) is 7.55. The number of fused-ring (bicyclic) bond motifs is 9. The molecule has 10 rings (SSSR count). The van der Waals surface area contributed by atoms with Crippen LogP contribution in [0.4, 0.5) is 0 Å². The molecule has 4 nitrogen and oxygen atoms in total. The molecule has 0 N–H and O–H groups in total. The lowest BCUT2D eigenvalue weighted by Crippen LogP contribution is -2.01. The highest BCUT2D eigenvalue weighted by atomic mass is 16.3. The summed E-state index contributed by atoms with van der Waals surface area (Å²) in [6.45, 7) is 0. The summed E-state index contributed by atoms with van der Waals surface area (Å²) in [6.07, 6.45) is 0. The van der Waals surface area contributed by atoms with Gasteiger partial charge in [-0.2, -0.15) is 5.26 Å². The van der Waals surface area contributed by atoms with E-state index in [1.165, 1.54) is 10.8 Å². The van der Waals surface area contributed by atoms with E-state index in [0.29, 0.717) is 5.56 Å². The summed E-state index contributed by atoms with van der Waals surface area (Å²) in [5.41, 5.74) is 10.7. The van der Waals surface area contributed by atoms with E-state index < -0.39 is 0 Å². The van der Waals surface area contributed by atoms with E-state index in [1.807, 2.05) is 30.3 Å². The number of para-hydroxylation sites is 5. The molecule has 0 atom stereocenters. The maximum absolute atomic E-state index is 10.6. The standard InChI is InChI=1S/C43H25N3O/c44-26-28-12-10-18-30(27-11-9-13-29(23-27)45-37-19-5-1-14-31(37)32-15-2-6-20-38(32)45)43(28)46-39-21-7-3-16-33(39)35-25-42-36(24-40(35)46)34-17-4-8-22-41(34)47-42/h1-25H. The van der Waals surface area contributed by atoms with E-state index in [0.717, 1.165) is 77.3 Å². The predicted octanol–water partition coefficient (Wildman–Crippen LogP) is 11.3. The smallest absolute Gasteiger partial charge is 0.136 e. The first-order valence-electron chi connectivity index (χ1n) is 15.8. The number of nitrogens with zero attached hydrogens (tertiary/aromatic N) is 3. The first kappa shape index (κ1) is 25.7. The number of hydrogen-bond acceptors (Lipinski definition) is 2. The summed E-state index contributed by atoms with van der Waals surface area (Å²) in [5, 5.41) is 17.4. The Kier molecular flexibility index (Phi) is 5.32. The Morgan fingerprint density at radius 3 is 1.79 bits per heavy atom. The number of furan rings is 1. The molecular formula is C43H25N3O. The monoisotopic (exact) mass is 599 g/mol. The van der Waals surface area contributed by atoms with E-state index in [9.17, 15) is 5.26 Å². The minimum absolute atomic E-state index is 0.615. The quantitative estimate of drug-likeness (QED) is 0.203. The van der Waals surface area contributed by atoms with Crippen molar-refractivity contribution in [2.24, 2.45) is 0 Å². The minimum atomic E-state index is 0.615. The van der Waals surface area contributed by atoms with Gasteiger partial charge in [0.1, 0.15) is 17.2 Å². The molecule has 3 heterocycles. The van der Waals surface area contributed by atoms with Crippen LogP contribution >= 0.6 is 0 Å². The fraction of sp³-hybridized carbons (Fsp3) is 0. The van der Waals surface area contributed by atoms with Gasteiger partial charge in [-0.1, -0.05) is 97.1 Å². The average Bonchev–Trinajstić information content (AvgIpc) is 3.77. The second-order valence-electron chi connectivity index (χ2n) is 12.0. The zero-order valence-electron chi connectivity index (χ0n) is 25.2. The Hall–Kier alpha value is -6.57. The molecule has 0 bridgehead atoms. The number of hydrogen-bond donors (Lipinski definition) is 0. The van der Waals surface area contributed by atoms with Gasteiger partial charge in [0.25, 0.3) is 0 Å². The largest absolute Gasteiger partial charge is 0.456 e. The SMILES string of the molecule is N#Cc1cccc(-c2cccc(-n3c4ccccc4c4ccccc43)c2)c1-n1c2ccccc2c2cc3oc4ccccc4c3cc21. The second kappa shape index (κ2) is 9.71. The molecular weight excluding hydrogens is 574 g/mol. The highest BCUT2D eigenvalue weighted by Gasteiger charge is 2.21. The predicted molar refractivity (Wildman–Crippen MR) is 193 cm³/mol. The molecule has 0 radical (unpaired) electrons. The summed E-state index contributed by atoms with van der Waals surface area (Å²) in [4.78, 5) is 0. The highest BCUT2D eigenvalue weighted by Crippen LogP contribution is 2.42. The van der Waals surface area contributed by atoms with Crippen LogP contribution in [0.15, 0.2) is 156 Å².